The number of benzene rings is 2. The number of aromatic nitrogens is 1. The van der Waals surface area contributed by atoms with Gasteiger partial charge in [0.05, 0.1) is 10.7 Å². The number of esters is 1. The van der Waals surface area contributed by atoms with Crippen LogP contribution in [0.3, 0.4) is 0 Å². The second-order valence-electron chi connectivity index (χ2n) is 5.60. The maximum Gasteiger partial charge on any atom is 0.342 e. The second-order valence-corrected chi connectivity index (χ2v) is 6.66. The first kappa shape index (κ1) is 17.2. The Morgan fingerprint density at radius 2 is 1.84 bits per heavy atom. The van der Waals surface area contributed by atoms with Crippen LogP contribution in [-0.4, -0.2) is 11.0 Å². The maximum atomic E-state index is 12.5. The summed E-state index contributed by atoms with van der Waals surface area (Å²) in [5.41, 5.74) is 2.22. The van der Waals surface area contributed by atoms with Gasteiger partial charge in [-0.05, 0) is 31.5 Å². The summed E-state index contributed by atoms with van der Waals surface area (Å²) in [6, 6.07) is 16.8. The molecule has 0 amide bonds. The first-order valence-electron chi connectivity index (χ1n) is 8.02. The van der Waals surface area contributed by atoms with Crippen LogP contribution >= 0.6 is 11.3 Å². The Balaban J connectivity index is 1.70. The van der Waals surface area contributed by atoms with Crippen LogP contribution in [0, 0.1) is 6.92 Å². The lowest BCUT2D eigenvalue weighted by atomic mass is 10.1. The number of aryl methyl sites for hydroxylation is 1. The van der Waals surface area contributed by atoms with Gasteiger partial charge in [0.25, 0.3) is 0 Å². The fraction of sp³-hybridized carbons (Fsp3) is 0.200. The summed E-state index contributed by atoms with van der Waals surface area (Å²) in [6.07, 6.45) is -0.331. The molecule has 0 unspecified atom stereocenters. The number of para-hydroxylation sites is 1. The van der Waals surface area contributed by atoms with E-state index in [-0.39, 0.29) is 6.10 Å². The van der Waals surface area contributed by atoms with Gasteiger partial charge in [-0.25, -0.2) is 9.78 Å². The van der Waals surface area contributed by atoms with Gasteiger partial charge in [-0.2, -0.15) is 0 Å². The lowest BCUT2D eigenvalue weighted by Gasteiger charge is -2.15. The molecule has 128 valence electrons. The highest BCUT2D eigenvalue weighted by Crippen LogP contribution is 2.24. The van der Waals surface area contributed by atoms with E-state index in [0.29, 0.717) is 17.9 Å². The van der Waals surface area contributed by atoms with Gasteiger partial charge in [-0.1, -0.05) is 42.5 Å². The molecule has 0 spiro atoms. The summed E-state index contributed by atoms with van der Waals surface area (Å²) in [4.78, 5) is 16.9. The molecule has 0 fully saturated rings. The Kier molecular flexibility index (Phi) is 5.46. The van der Waals surface area contributed by atoms with Crippen LogP contribution in [0.2, 0.25) is 0 Å². The van der Waals surface area contributed by atoms with E-state index >= 15 is 0 Å². The topological polar surface area (TPSA) is 48.4 Å². The third kappa shape index (κ3) is 4.45. The van der Waals surface area contributed by atoms with Crippen LogP contribution in [-0.2, 0) is 11.3 Å². The molecule has 0 aliphatic heterocycles. The van der Waals surface area contributed by atoms with Crippen LogP contribution in [0.4, 0.5) is 0 Å². The van der Waals surface area contributed by atoms with E-state index in [4.69, 9.17) is 9.47 Å². The fourth-order valence-corrected chi connectivity index (χ4v) is 3.00. The summed E-state index contributed by atoms with van der Waals surface area (Å²) in [7, 11) is 0. The van der Waals surface area contributed by atoms with Crippen molar-refractivity contribution in [1.29, 1.82) is 0 Å². The molecule has 0 aliphatic rings. The average Bonchev–Trinajstić information content (AvgIpc) is 3.06. The molecule has 0 aliphatic carbocycles. The third-order valence-electron chi connectivity index (χ3n) is 3.70. The minimum Gasteiger partial charge on any atom is -0.486 e. The molecular weight excluding hydrogens is 334 g/mol. The standard InChI is InChI=1S/C20H19NO3S/c1-14(16-8-4-3-5-9-16)24-20(22)18-10-6-7-11-19(18)23-12-17-13-25-15(2)21-17/h3-11,13-14H,12H2,1-2H3/t14-/m0/s1. The first-order valence-corrected chi connectivity index (χ1v) is 8.90. The van der Waals surface area contributed by atoms with Gasteiger partial charge in [0, 0.05) is 5.38 Å². The zero-order valence-electron chi connectivity index (χ0n) is 14.1. The van der Waals surface area contributed by atoms with Crippen LogP contribution in [0.5, 0.6) is 5.75 Å². The lowest BCUT2D eigenvalue weighted by Crippen LogP contribution is -2.11. The first-order chi connectivity index (χ1) is 12.1. The van der Waals surface area contributed by atoms with E-state index in [1.165, 1.54) is 0 Å². The van der Waals surface area contributed by atoms with Crippen molar-refractivity contribution < 1.29 is 14.3 Å². The molecule has 1 heterocycles. The molecule has 0 saturated heterocycles. The highest BCUT2D eigenvalue weighted by Gasteiger charge is 2.17. The molecule has 3 aromatic rings. The van der Waals surface area contributed by atoms with Crippen molar-refractivity contribution >= 4 is 17.3 Å². The molecule has 0 N–H and O–H groups in total. The number of carbonyl (C=O) groups excluding carboxylic acids is 1. The van der Waals surface area contributed by atoms with Gasteiger partial charge < -0.3 is 9.47 Å². The van der Waals surface area contributed by atoms with Gasteiger partial charge in [-0.3, -0.25) is 0 Å². The molecule has 1 atom stereocenters. The zero-order chi connectivity index (χ0) is 17.6. The predicted octanol–water partition coefficient (Wildman–Crippen LogP) is 4.95. The van der Waals surface area contributed by atoms with E-state index in [2.05, 4.69) is 4.98 Å². The monoisotopic (exact) mass is 353 g/mol. The van der Waals surface area contributed by atoms with Crippen LogP contribution < -0.4 is 4.74 Å². The number of hydrogen-bond acceptors (Lipinski definition) is 5. The molecule has 0 radical (unpaired) electrons. The van der Waals surface area contributed by atoms with Crippen molar-refractivity contribution in [2.24, 2.45) is 0 Å². The van der Waals surface area contributed by atoms with Crippen molar-refractivity contribution in [1.82, 2.24) is 4.98 Å². The SMILES string of the molecule is Cc1nc(COc2ccccc2C(=O)O[C@@H](C)c2ccccc2)cs1. The number of ether oxygens (including phenoxy) is 2. The lowest BCUT2D eigenvalue weighted by molar-refractivity contribution is 0.0333. The molecule has 3 rings (SSSR count). The van der Waals surface area contributed by atoms with Crippen molar-refractivity contribution in [2.45, 2.75) is 26.6 Å². The van der Waals surface area contributed by atoms with Gasteiger partial charge >= 0.3 is 5.97 Å². The van der Waals surface area contributed by atoms with Gasteiger partial charge in [-0.15, -0.1) is 11.3 Å². The van der Waals surface area contributed by atoms with Gasteiger partial charge in [0.2, 0.25) is 0 Å². The second kappa shape index (κ2) is 7.94. The number of nitrogens with zero attached hydrogens (tertiary/aromatic N) is 1. The van der Waals surface area contributed by atoms with E-state index in [1.54, 1.807) is 29.5 Å². The average molecular weight is 353 g/mol. The third-order valence-corrected chi connectivity index (χ3v) is 4.52. The van der Waals surface area contributed by atoms with Gasteiger partial charge in [0.15, 0.2) is 0 Å². The molecule has 1 aromatic heterocycles. The summed E-state index contributed by atoms with van der Waals surface area (Å²) >= 11 is 1.57. The zero-order valence-corrected chi connectivity index (χ0v) is 15.0. The molecule has 0 saturated carbocycles. The van der Waals surface area contributed by atoms with Crippen molar-refractivity contribution in [3.8, 4) is 5.75 Å². The minimum absolute atomic E-state index is 0.322. The van der Waals surface area contributed by atoms with Crippen LogP contribution in [0.15, 0.2) is 60.0 Å². The Morgan fingerprint density at radius 1 is 1.12 bits per heavy atom. The minimum atomic E-state index is -0.401. The van der Waals surface area contributed by atoms with E-state index in [1.807, 2.05) is 55.6 Å². The molecule has 2 aromatic carbocycles. The maximum absolute atomic E-state index is 12.5. The van der Waals surface area contributed by atoms with Crippen molar-refractivity contribution in [2.75, 3.05) is 0 Å². The normalized spacial score (nSPS) is 11.8. The number of carbonyl (C=O) groups is 1. The summed E-state index contributed by atoms with van der Waals surface area (Å²) in [5.74, 6) is 0.0971. The Morgan fingerprint density at radius 3 is 2.56 bits per heavy atom. The Hall–Kier alpha value is -2.66. The van der Waals surface area contributed by atoms with Crippen molar-refractivity contribution in [3.63, 3.8) is 0 Å². The van der Waals surface area contributed by atoms with E-state index in [0.717, 1.165) is 16.3 Å². The fourth-order valence-electron chi connectivity index (χ4n) is 2.40. The van der Waals surface area contributed by atoms with E-state index < -0.39 is 5.97 Å². The highest BCUT2D eigenvalue weighted by atomic mass is 32.1. The summed E-state index contributed by atoms with van der Waals surface area (Å²) in [5, 5.41) is 2.94. The quantitative estimate of drug-likeness (QED) is 0.588. The molecular formula is C20H19NO3S. The van der Waals surface area contributed by atoms with Crippen LogP contribution in [0.1, 0.15) is 39.7 Å². The Bertz CT molecular complexity index is 845. The van der Waals surface area contributed by atoms with Gasteiger partial charge in [0.1, 0.15) is 24.0 Å². The van der Waals surface area contributed by atoms with Crippen LogP contribution in [0.25, 0.3) is 0 Å². The predicted molar refractivity (Wildman–Crippen MR) is 97.9 cm³/mol. The largest absolute Gasteiger partial charge is 0.486 e. The number of hydrogen-bond donors (Lipinski definition) is 0. The summed E-state index contributed by atoms with van der Waals surface area (Å²) in [6.45, 7) is 4.13. The molecule has 4 nitrogen and oxygen atoms in total. The molecule has 25 heavy (non-hydrogen) atoms. The highest BCUT2D eigenvalue weighted by molar-refractivity contribution is 7.09. The number of thiazole rings is 1. The summed E-state index contributed by atoms with van der Waals surface area (Å²) < 4.78 is 11.4. The van der Waals surface area contributed by atoms with Crippen molar-refractivity contribution in [3.05, 3.63) is 81.8 Å². The molecule has 5 heteroatoms. The smallest absolute Gasteiger partial charge is 0.342 e. The van der Waals surface area contributed by atoms with E-state index in [9.17, 15) is 4.79 Å². The molecule has 0 bridgehead atoms. The Labute approximate surface area is 151 Å². The number of rotatable bonds is 6.